The predicted octanol–water partition coefficient (Wildman–Crippen LogP) is 4.06. The molecule has 1 atom stereocenters. The van der Waals surface area contributed by atoms with E-state index in [1.165, 1.54) is 6.33 Å². The van der Waals surface area contributed by atoms with E-state index in [0.29, 0.717) is 18.2 Å². The maximum absolute atomic E-state index is 12.8. The molecule has 3 N–H and O–H groups in total. The van der Waals surface area contributed by atoms with E-state index in [2.05, 4.69) is 15.3 Å². The van der Waals surface area contributed by atoms with Crippen LogP contribution in [-0.2, 0) is 11.3 Å². The van der Waals surface area contributed by atoms with E-state index >= 15 is 0 Å². The molecule has 0 spiro atoms. The van der Waals surface area contributed by atoms with Crippen LogP contribution in [0.5, 0.6) is 11.6 Å². The molecular formula is C26H26N6O3. The number of ether oxygens (including phenoxy) is 1. The van der Waals surface area contributed by atoms with Crippen LogP contribution in [0.3, 0.4) is 0 Å². The van der Waals surface area contributed by atoms with Gasteiger partial charge in [-0.3, -0.25) is 14.3 Å². The van der Waals surface area contributed by atoms with Gasteiger partial charge in [0.05, 0.1) is 17.3 Å². The van der Waals surface area contributed by atoms with Gasteiger partial charge in [-0.15, -0.1) is 0 Å². The predicted molar refractivity (Wildman–Crippen MR) is 132 cm³/mol. The van der Waals surface area contributed by atoms with Crippen molar-refractivity contribution in [1.29, 1.82) is 0 Å². The summed E-state index contributed by atoms with van der Waals surface area (Å²) in [5.41, 5.74) is 8.85. The van der Waals surface area contributed by atoms with Gasteiger partial charge in [-0.2, -0.15) is 0 Å². The number of carbonyl (C=O) groups is 2. The summed E-state index contributed by atoms with van der Waals surface area (Å²) in [5, 5.41) is 3.78. The van der Waals surface area contributed by atoms with Crippen LogP contribution in [0.15, 0.2) is 67.1 Å². The Balaban J connectivity index is 1.29. The van der Waals surface area contributed by atoms with Gasteiger partial charge in [0.1, 0.15) is 12.1 Å². The van der Waals surface area contributed by atoms with E-state index in [1.54, 1.807) is 22.9 Å². The van der Waals surface area contributed by atoms with Crippen molar-refractivity contribution in [1.82, 2.24) is 19.4 Å². The highest BCUT2D eigenvalue weighted by molar-refractivity contribution is 5.98. The molecule has 0 unspecified atom stereocenters. The first-order chi connectivity index (χ1) is 17.0. The zero-order valence-corrected chi connectivity index (χ0v) is 19.3. The lowest BCUT2D eigenvalue weighted by molar-refractivity contribution is -0.122. The minimum absolute atomic E-state index is 0.240. The number of anilines is 1. The molecule has 0 aliphatic carbocycles. The number of amides is 2. The van der Waals surface area contributed by atoms with Crippen molar-refractivity contribution in [2.45, 2.75) is 32.4 Å². The summed E-state index contributed by atoms with van der Waals surface area (Å²) < 4.78 is 7.54. The maximum Gasteiger partial charge on any atom is 0.330 e. The fourth-order valence-corrected chi connectivity index (χ4v) is 4.45. The molecule has 2 aromatic carbocycles. The molecule has 35 heavy (non-hydrogen) atoms. The van der Waals surface area contributed by atoms with E-state index < -0.39 is 0 Å². The SMILES string of the molecule is Cc1cccc(NC(=O)n2ccc3cc(Oc4cc(CN5CCC[C@@H]5C(N)=O)ncn4)ccc32)c1. The minimum Gasteiger partial charge on any atom is -0.439 e. The quantitative estimate of drug-likeness (QED) is 0.439. The molecule has 5 rings (SSSR count). The summed E-state index contributed by atoms with van der Waals surface area (Å²) in [5.74, 6) is 0.691. The normalized spacial score (nSPS) is 15.9. The van der Waals surface area contributed by atoms with Crippen LogP contribution in [0.2, 0.25) is 0 Å². The van der Waals surface area contributed by atoms with Crippen molar-refractivity contribution in [2.75, 3.05) is 11.9 Å². The molecule has 9 nitrogen and oxygen atoms in total. The highest BCUT2D eigenvalue weighted by Gasteiger charge is 2.29. The molecular weight excluding hydrogens is 444 g/mol. The van der Waals surface area contributed by atoms with E-state index in [4.69, 9.17) is 10.5 Å². The molecule has 4 aromatic rings. The lowest BCUT2D eigenvalue weighted by Gasteiger charge is -2.21. The first-order valence-corrected chi connectivity index (χ1v) is 11.5. The molecule has 178 valence electrons. The van der Waals surface area contributed by atoms with Gasteiger partial charge in [-0.05, 0) is 68.3 Å². The van der Waals surface area contributed by atoms with Gasteiger partial charge >= 0.3 is 6.03 Å². The number of nitrogens with zero attached hydrogens (tertiary/aromatic N) is 4. The zero-order valence-electron chi connectivity index (χ0n) is 19.3. The summed E-state index contributed by atoms with van der Waals surface area (Å²) in [7, 11) is 0. The van der Waals surface area contributed by atoms with E-state index in [-0.39, 0.29) is 18.0 Å². The lowest BCUT2D eigenvalue weighted by atomic mass is 10.2. The molecule has 0 saturated carbocycles. The van der Waals surface area contributed by atoms with Crippen molar-refractivity contribution in [2.24, 2.45) is 5.73 Å². The van der Waals surface area contributed by atoms with Crippen molar-refractivity contribution >= 4 is 28.5 Å². The van der Waals surface area contributed by atoms with Gasteiger partial charge in [0.25, 0.3) is 0 Å². The average molecular weight is 471 g/mol. The van der Waals surface area contributed by atoms with Gasteiger partial charge in [-0.25, -0.2) is 14.8 Å². The number of aryl methyl sites for hydroxylation is 1. The van der Waals surface area contributed by atoms with Crippen molar-refractivity contribution in [3.05, 3.63) is 78.4 Å². The third-order valence-electron chi connectivity index (χ3n) is 6.13. The standard InChI is InChI=1S/C26H26N6O3/c1-17-4-2-5-19(12-17)30-26(34)32-11-9-18-13-21(7-8-22(18)32)35-24-14-20(28-16-29-24)15-31-10-3-6-23(31)25(27)33/h2,4-5,7-9,11-14,16,23H,3,6,10,15H2,1H3,(H2,27,33)(H,30,34)/t23-/m1/s1. The second-order valence-electron chi connectivity index (χ2n) is 8.69. The van der Waals surface area contributed by atoms with Gasteiger partial charge in [0, 0.05) is 29.9 Å². The Labute approximate surface area is 202 Å². The molecule has 1 fully saturated rings. The first-order valence-electron chi connectivity index (χ1n) is 11.5. The Hall–Kier alpha value is -4.24. The third-order valence-corrected chi connectivity index (χ3v) is 6.13. The molecule has 1 aliphatic rings. The number of fused-ring (bicyclic) bond motifs is 1. The van der Waals surface area contributed by atoms with Crippen LogP contribution in [0, 0.1) is 6.92 Å². The highest BCUT2D eigenvalue weighted by atomic mass is 16.5. The fourth-order valence-electron chi connectivity index (χ4n) is 4.45. The second kappa shape index (κ2) is 9.55. The average Bonchev–Trinajstić information content (AvgIpc) is 3.46. The second-order valence-corrected chi connectivity index (χ2v) is 8.69. The number of nitrogens with two attached hydrogens (primary N) is 1. The van der Waals surface area contributed by atoms with Gasteiger partial charge in [0.2, 0.25) is 11.8 Å². The summed E-state index contributed by atoms with van der Waals surface area (Å²) in [6, 6.07) is 16.3. The minimum atomic E-state index is -0.305. The summed E-state index contributed by atoms with van der Waals surface area (Å²) >= 11 is 0. The molecule has 0 radical (unpaired) electrons. The largest absolute Gasteiger partial charge is 0.439 e. The van der Waals surface area contributed by atoms with Crippen LogP contribution in [0.1, 0.15) is 24.1 Å². The van der Waals surface area contributed by atoms with Crippen LogP contribution >= 0.6 is 0 Å². The Bertz CT molecular complexity index is 1400. The lowest BCUT2D eigenvalue weighted by Crippen LogP contribution is -2.39. The first kappa shape index (κ1) is 22.5. The topological polar surface area (TPSA) is 115 Å². The molecule has 1 saturated heterocycles. The summed E-state index contributed by atoms with van der Waals surface area (Å²) in [4.78, 5) is 35.0. The molecule has 9 heteroatoms. The third kappa shape index (κ3) is 4.99. The molecule has 2 aromatic heterocycles. The highest BCUT2D eigenvalue weighted by Crippen LogP contribution is 2.27. The zero-order chi connectivity index (χ0) is 24.4. The Morgan fingerprint density at radius 1 is 1.14 bits per heavy atom. The van der Waals surface area contributed by atoms with Gasteiger partial charge in [-0.1, -0.05) is 12.1 Å². The summed E-state index contributed by atoms with van der Waals surface area (Å²) in [6.07, 6.45) is 4.88. The number of rotatable bonds is 6. The Morgan fingerprint density at radius 3 is 2.86 bits per heavy atom. The molecule has 3 heterocycles. The van der Waals surface area contributed by atoms with E-state index in [1.807, 2.05) is 54.3 Å². The fraction of sp³-hybridized carbons (Fsp3) is 0.231. The number of aromatic nitrogens is 3. The maximum atomic E-state index is 12.8. The number of carbonyl (C=O) groups excluding carboxylic acids is 2. The van der Waals surface area contributed by atoms with Crippen LogP contribution in [0.25, 0.3) is 10.9 Å². The Kier molecular flexibility index (Phi) is 6.15. The monoisotopic (exact) mass is 470 g/mol. The smallest absolute Gasteiger partial charge is 0.330 e. The molecule has 1 aliphatic heterocycles. The van der Waals surface area contributed by atoms with Gasteiger partial charge in [0.15, 0.2) is 0 Å². The number of benzene rings is 2. The van der Waals surface area contributed by atoms with Crippen molar-refractivity contribution in [3.63, 3.8) is 0 Å². The molecule has 2 amide bonds. The van der Waals surface area contributed by atoms with Crippen LogP contribution in [0.4, 0.5) is 10.5 Å². The number of hydrogen-bond donors (Lipinski definition) is 2. The van der Waals surface area contributed by atoms with E-state index in [9.17, 15) is 9.59 Å². The molecule has 0 bridgehead atoms. The van der Waals surface area contributed by atoms with Gasteiger partial charge < -0.3 is 15.8 Å². The van der Waals surface area contributed by atoms with Crippen molar-refractivity contribution in [3.8, 4) is 11.6 Å². The van der Waals surface area contributed by atoms with Crippen LogP contribution < -0.4 is 15.8 Å². The van der Waals surface area contributed by atoms with E-state index in [0.717, 1.165) is 47.2 Å². The number of hydrogen-bond acceptors (Lipinski definition) is 6. The number of nitrogens with one attached hydrogen (secondary N) is 1. The number of primary amides is 1. The summed E-state index contributed by atoms with van der Waals surface area (Å²) in [6.45, 7) is 3.29. The Morgan fingerprint density at radius 2 is 2.03 bits per heavy atom. The number of likely N-dealkylation sites (tertiary alicyclic amines) is 1. The van der Waals surface area contributed by atoms with Crippen LogP contribution in [-0.4, -0.2) is 44.0 Å². The van der Waals surface area contributed by atoms with Crippen molar-refractivity contribution < 1.29 is 14.3 Å².